The Labute approximate surface area is 127 Å². The van der Waals surface area contributed by atoms with Crippen LogP contribution in [0.5, 0.6) is 0 Å². The van der Waals surface area contributed by atoms with Crippen LogP contribution < -0.4 is 5.32 Å². The summed E-state index contributed by atoms with van der Waals surface area (Å²) in [5, 5.41) is 18.8. The van der Waals surface area contributed by atoms with Gasteiger partial charge in [0.05, 0.1) is 18.0 Å². The van der Waals surface area contributed by atoms with E-state index < -0.39 is 6.10 Å². The first-order valence-electron chi connectivity index (χ1n) is 6.94. The van der Waals surface area contributed by atoms with Crippen LogP contribution in [0.25, 0.3) is 4.96 Å². The fraction of sp³-hybridized carbons (Fsp3) is 0.333. The summed E-state index contributed by atoms with van der Waals surface area (Å²) in [5.74, 6) is 0. The zero-order chi connectivity index (χ0) is 14.8. The molecule has 0 aliphatic rings. The number of anilines is 1. The van der Waals surface area contributed by atoms with Gasteiger partial charge in [-0.3, -0.25) is 0 Å². The molecule has 0 aliphatic carbocycles. The van der Waals surface area contributed by atoms with Crippen LogP contribution in [0.2, 0.25) is 0 Å². The maximum Gasteiger partial charge on any atom is 0.214 e. The highest BCUT2D eigenvalue weighted by atomic mass is 32.1. The molecule has 110 valence electrons. The summed E-state index contributed by atoms with van der Waals surface area (Å²) in [6.45, 7) is 3.99. The number of aryl methyl sites for hydroxylation is 1. The van der Waals surface area contributed by atoms with Gasteiger partial charge in [0.15, 0.2) is 0 Å². The van der Waals surface area contributed by atoms with Crippen LogP contribution in [-0.4, -0.2) is 25.7 Å². The monoisotopic (exact) mass is 302 g/mol. The van der Waals surface area contributed by atoms with E-state index in [1.165, 1.54) is 11.3 Å². The van der Waals surface area contributed by atoms with Gasteiger partial charge in [-0.15, -0.1) is 5.10 Å². The lowest BCUT2D eigenvalue weighted by molar-refractivity contribution is 0.162. The minimum absolute atomic E-state index is 0.122. The third kappa shape index (κ3) is 3.22. The first-order chi connectivity index (χ1) is 10.1. The Morgan fingerprint density at radius 2 is 2.10 bits per heavy atom. The van der Waals surface area contributed by atoms with Gasteiger partial charge >= 0.3 is 0 Å². The predicted molar refractivity (Wildman–Crippen MR) is 84.7 cm³/mol. The number of nitrogens with one attached hydrogen (secondary N) is 1. The van der Waals surface area contributed by atoms with E-state index in [-0.39, 0.29) is 6.04 Å². The zero-order valence-corrected chi connectivity index (χ0v) is 12.8. The van der Waals surface area contributed by atoms with Gasteiger partial charge in [-0.2, -0.15) is 0 Å². The number of fused-ring (bicyclic) bond motifs is 1. The second-order valence-electron chi connectivity index (χ2n) is 5.22. The van der Waals surface area contributed by atoms with Gasteiger partial charge in [0.2, 0.25) is 10.1 Å². The van der Waals surface area contributed by atoms with Crippen LogP contribution in [0.3, 0.4) is 0 Å². The van der Waals surface area contributed by atoms with Crippen molar-refractivity contribution in [3.63, 3.8) is 0 Å². The second kappa shape index (κ2) is 5.83. The fourth-order valence-electron chi connectivity index (χ4n) is 2.28. The predicted octanol–water partition coefficient (Wildman–Crippen LogP) is 3.02. The Balaban J connectivity index is 1.63. The van der Waals surface area contributed by atoms with Crippen LogP contribution in [0, 0.1) is 6.92 Å². The summed E-state index contributed by atoms with van der Waals surface area (Å²) >= 11 is 1.52. The summed E-state index contributed by atoms with van der Waals surface area (Å²) in [6, 6.07) is 9.83. The van der Waals surface area contributed by atoms with Gasteiger partial charge in [0, 0.05) is 6.04 Å². The van der Waals surface area contributed by atoms with Crippen molar-refractivity contribution in [3.8, 4) is 0 Å². The number of benzene rings is 1. The minimum Gasteiger partial charge on any atom is -0.388 e. The number of nitrogens with zero attached hydrogens (tertiary/aromatic N) is 3. The van der Waals surface area contributed by atoms with Gasteiger partial charge in [-0.05, 0) is 25.8 Å². The van der Waals surface area contributed by atoms with Gasteiger partial charge < -0.3 is 10.4 Å². The van der Waals surface area contributed by atoms with E-state index in [0.717, 1.165) is 21.3 Å². The van der Waals surface area contributed by atoms with Gasteiger partial charge in [0.25, 0.3) is 0 Å². The highest BCUT2D eigenvalue weighted by molar-refractivity contribution is 7.20. The lowest BCUT2D eigenvalue weighted by Gasteiger charge is -2.17. The molecular weight excluding hydrogens is 284 g/mol. The van der Waals surface area contributed by atoms with Crippen molar-refractivity contribution in [2.45, 2.75) is 32.4 Å². The quantitative estimate of drug-likeness (QED) is 0.760. The number of aliphatic hydroxyl groups excluding tert-OH is 1. The first-order valence-corrected chi connectivity index (χ1v) is 7.76. The molecule has 0 saturated heterocycles. The van der Waals surface area contributed by atoms with Crippen molar-refractivity contribution in [3.05, 3.63) is 47.8 Å². The highest BCUT2D eigenvalue weighted by Crippen LogP contribution is 2.23. The standard InChI is InChI=1S/C15H18N4OS/c1-10(8-13(20)12-6-4-3-5-7-12)16-14-18-19-9-11(2)17-15(19)21-14/h3-7,9-10,13,20H,8H2,1-2H3,(H,16,18). The summed E-state index contributed by atoms with van der Waals surface area (Å²) in [4.78, 5) is 5.26. The molecule has 0 spiro atoms. The molecule has 0 bridgehead atoms. The van der Waals surface area contributed by atoms with E-state index in [4.69, 9.17) is 0 Å². The van der Waals surface area contributed by atoms with E-state index in [9.17, 15) is 5.11 Å². The molecule has 3 rings (SSSR count). The van der Waals surface area contributed by atoms with E-state index >= 15 is 0 Å². The van der Waals surface area contributed by atoms with Crippen molar-refractivity contribution in [1.29, 1.82) is 0 Å². The Kier molecular flexibility index (Phi) is 3.90. The van der Waals surface area contributed by atoms with Gasteiger partial charge in [-0.1, -0.05) is 41.7 Å². The maximum absolute atomic E-state index is 10.2. The van der Waals surface area contributed by atoms with Gasteiger partial charge in [0.1, 0.15) is 0 Å². The van der Waals surface area contributed by atoms with E-state index in [1.807, 2.05) is 50.4 Å². The number of hydrogen-bond donors (Lipinski definition) is 2. The van der Waals surface area contributed by atoms with Gasteiger partial charge in [-0.25, -0.2) is 9.50 Å². The normalized spacial score (nSPS) is 14.2. The third-order valence-electron chi connectivity index (χ3n) is 3.29. The molecule has 2 heterocycles. The molecular formula is C15H18N4OS. The fourth-order valence-corrected chi connectivity index (χ4v) is 3.22. The van der Waals surface area contributed by atoms with Crippen LogP contribution in [0.4, 0.5) is 5.13 Å². The highest BCUT2D eigenvalue weighted by Gasteiger charge is 2.14. The molecule has 21 heavy (non-hydrogen) atoms. The number of aliphatic hydroxyl groups is 1. The summed E-state index contributed by atoms with van der Waals surface area (Å²) in [7, 11) is 0. The topological polar surface area (TPSA) is 62.5 Å². The molecule has 2 aromatic heterocycles. The number of rotatable bonds is 5. The molecule has 3 aromatic rings. The molecule has 1 aromatic carbocycles. The van der Waals surface area contributed by atoms with E-state index in [0.29, 0.717) is 6.42 Å². The van der Waals surface area contributed by atoms with Crippen molar-refractivity contribution in [1.82, 2.24) is 14.6 Å². The van der Waals surface area contributed by atoms with Crippen molar-refractivity contribution in [2.75, 3.05) is 5.32 Å². The second-order valence-corrected chi connectivity index (χ2v) is 6.18. The van der Waals surface area contributed by atoms with Crippen LogP contribution in [-0.2, 0) is 0 Å². The number of imidazole rings is 1. The average Bonchev–Trinajstić information content (AvgIpc) is 2.96. The molecule has 5 nitrogen and oxygen atoms in total. The molecule has 2 N–H and O–H groups in total. The lowest BCUT2D eigenvalue weighted by Crippen LogP contribution is -2.18. The molecule has 2 atom stereocenters. The molecule has 0 saturated carbocycles. The third-order valence-corrected chi connectivity index (χ3v) is 4.15. The molecule has 0 fully saturated rings. The molecule has 6 heteroatoms. The van der Waals surface area contributed by atoms with Crippen molar-refractivity contribution in [2.24, 2.45) is 0 Å². The molecule has 0 radical (unpaired) electrons. The largest absolute Gasteiger partial charge is 0.388 e. The first kappa shape index (κ1) is 14.0. The maximum atomic E-state index is 10.2. The average molecular weight is 302 g/mol. The van der Waals surface area contributed by atoms with Crippen LogP contribution in [0.15, 0.2) is 36.5 Å². The number of hydrogen-bond acceptors (Lipinski definition) is 5. The Hall–Kier alpha value is -1.92. The Bertz CT molecular complexity index is 690. The molecule has 0 aliphatic heterocycles. The SMILES string of the molecule is Cc1cn2nc(NC(C)CC(O)c3ccccc3)sc2n1. The summed E-state index contributed by atoms with van der Waals surface area (Å²) < 4.78 is 1.78. The van der Waals surface area contributed by atoms with Crippen molar-refractivity contribution < 1.29 is 5.11 Å². The smallest absolute Gasteiger partial charge is 0.214 e. The molecule has 0 amide bonds. The summed E-state index contributed by atoms with van der Waals surface area (Å²) in [6.07, 6.45) is 2.06. The van der Waals surface area contributed by atoms with Crippen LogP contribution >= 0.6 is 11.3 Å². The zero-order valence-electron chi connectivity index (χ0n) is 12.0. The van der Waals surface area contributed by atoms with Crippen molar-refractivity contribution >= 4 is 21.4 Å². The minimum atomic E-state index is -0.472. The van der Waals surface area contributed by atoms with Crippen LogP contribution in [0.1, 0.15) is 30.7 Å². The van der Waals surface area contributed by atoms with E-state index in [2.05, 4.69) is 15.4 Å². The Morgan fingerprint density at radius 3 is 2.81 bits per heavy atom. The Morgan fingerprint density at radius 1 is 1.33 bits per heavy atom. The summed E-state index contributed by atoms with van der Waals surface area (Å²) in [5.41, 5.74) is 1.91. The lowest BCUT2D eigenvalue weighted by atomic mass is 10.0. The van der Waals surface area contributed by atoms with E-state index in [1.54, 1.807) is 4.52 Å². The molecule has 2 unspecified atom stereocenters. The number of aromatic nitrogens is 3.